The number of carboxylic acid groups (broad SMARTS) is 1. The van der Waals surface area contributed by atoms with Crippen molar-refractivity contribution in [3.8, 4) is 0 Å². The Kier molecular flexibility index (Phi) is 43.9. The molecule has 0 radical (unpaired) electrons. The summed E-state index contributed by atoms with van der Waals surface area (Å²) in [5.74, 6) is -1.23. The van der Waals surface area contributed by atoms with Crippen LogP contribution in [-0.2, 0) is 19.1 Å². The second-order valence-electron chi connectivity index (χ2n) is 16.7. The molecule has 0 rings (SSSR count). The fourth-order valence-electron chi connectivity index (χ4n) is 7.49. The molecule has 0 heterocycles. The summed E-state index contributed by atoms with van der Waals surface area (Å²) in [5, 5.41) is 11.1. The van der Waals surface area contributed by atoms with Gasteiger partial charge in [-0.1, -0.05) is 205 Å². The molecule has 0 aliphatic rings. The zero-order chi connectivity index (χ0) is 40.8. The third-order valence-electron chi connectivity index (χ3n) is 11.1. The van der Waals surface area contributed by atoms with Crippen LogP contribution in [0.1, 0.15) is 264 Å². The van der Waals surface area contributed by atoms with Crippen LogP contribution >= 0.6 is 0 Å². The first-order chi connectivity index (χ1) is 27.5. The van der Waals surface area contributed by atoms with Crippen molar-refractivity contribution in [3.05, 3.63) is 24.3 Å². The third kappa shape index (κ3) is 44.6. The van der Waals surface area contributed by atoms with Crippen LogP contribution in [0.4, 0.5) is 0 Å². The molecule has 0 bridgehead atoms. The number of ether oxygens (including phenoxy) is 1. The molecule has 6 nitrogen and oxygen atoms in total. The Bertz CT molecular complexity index is 915. The Balaban J connectivity index is 4.13. The minimum absolute atomic E-state index is 0.00673. The van der Waals surface area contributed by atoms with E-state index in [0.717, 1.165) is 83.5 Å². The van der Waals surface area contributed by atoms with Gasteiger partial charge in [0, 0.05) is 12.8 Å². The topological polar surface area (TPSA) is 92.7 Å². The highest BCUT2D eigenvalue weighted by Gasteiger charge is 2.14. The van der Waals surface area contributed by atoms with Crippen molar-refractivity contribution in [2.45, 2.75) is 270 Å². The van der Waals surface area contributed by atoms with Gasteiger partial charge in [-0.05, 0) is 70.6 Å². The Morgan fingerprint density at radius 3 is 1.25 bits per heavy atom. The highest BCUT2D eigenvalue weighted by atomic mass is 16.5. The van der Waals surface area contributed by atoms with Crippen LogP contribution in [0.25, 0.3) is 0 Å². The molecule has 56 heavy (non-hydrogen) atoms. The van der Waals surface area contributed by atoms with Gasteiger partial charge in [-0.15, -0.1) is 0 Å². The molecule has 6 heteroatoms. The summed E-state index contributed by atoms with van der Waals surface area (Å²) in [4.78, 5) is 35.2. The maximum Gasteiger partial charge on any atom is 0.322 e. The lowest BCUT2D eigenvalue weighted by Crippen LogP contribution is -2.28. The van der Waals surface area contributed by atoms with Gasteiger partial charge in [-0.2, -0.15) is 0 Å². The lowest BCUT2D eigenvalue weighted by molar-refractivity contribution is -0.150. The van der Waals surface area contributed by atoms with E-state index in [1.54, 1.807) is 0 Å². The average Bonchev–Trinajstić information content (AvgIpc) is 3.18. The zero-order valence-electron chi connectivity index (χ0n) is 37.3. The largest absolute Gasteiger partial charge is 0.480 e. The van der Waals surface area contributed by atoms with Crippen LogP contribution < -0.4 is 5.32 Å². The van der Waals surface area contributed by atoms with Crippen molar-refractivity contribution in [1.82, 2.24) is 5.32 Å². The molecule has 1 unspecified atom stereocenters. The van der Waals surface area contributed by atoms with Crippen molar-refractivity contribution >= 4 is 17.8 Å². The van der Waals surface area contributed by atoms with Gasteiger partial charge in [0.15, 0.2) is 0 Å². The maximum atomic E-state index is 12.8. The lowest BCUT2D eigenvalue weighted by Gasteiger charge is -2.18. The molecule has 0 aromatic heterocycles. The van der Waals surface area contributed by atoms with Gasteiger partial charge >= 0.3 is 11.9 Å². The van der Waals surface area contributed by atoms with Crippen molar-refractivity contribution in [2.24, 2.45) is 0 Å². The summed E-state index contributed by atoms with van der Waals surface area (Å²) < 4.78 is 6.05. The van der Waals surface area contributed by atoms with E-state index in [2.05, 4.69) is 43.5 Å². The van der Waals surface area contributed by atoms with E-state index in [-0.39, 0.29) is 24.5 Å². The summed E-state index contributed by atoms with van der Waals surface area (Å²) in [6.45, 7) is 4.24. The average molecular weight is 788 g/mol. The second-order valence-corrected chi connectivity index (χ2v) is 16.7. The summed E-state index contributed by atoms with van der Waals surface area (Å²) in [6.07, 6.45) is 56.0. The van der Waals surface area contributed by atoms with Crippen LogP contribution in [0.2, 0.25) is 0 Å². The number of carbonyl (C=O) groups is 3. The molecule has 328 valence electrons. The molecule has 0 aliphatic carbocycles. The molecule has 0 saturated heterocycles. The number of carboxylic acids is 1. The fourth-order valence-corrected chi connectivity index (χ4v) is 7.49. The summed E-state index contributed by atoms with van der Waals surface area (Å²) >= 11 is 0. The summed E-state index contributed by atoms with van der Waals surface area (Å²) in [5.41, 5.74) is 0. The number of hydrogen-bond donors (Lipinski definition) is 2. The van der Waals surface area contributed by atoms with Crippen LogP contribution in [0.5, 0.6) is 0 Å². The number of esters is 1. The molecule has 2 N–H and O–H groups in total. The highest BCUT2D eigenvalue weighted by Crippen LogP contribution is 2.19. The lowest BCUT2D eigenvalue weighted by atomic mass is 10.0. The highest BCUT2D eigenvalue weighted by molar-refractivity contribution is 5.80. The van der Waals surface area contributed by atoms with Crippen LogP contribution in [0, 0.1) is 0 Å². The minimum Gasteiger partial charge on any atom is -0.480 e. The molecule has 1 atom stereocenters. The molecule has 0 aliphatic heterocycles. The van der Waals surface area contributed by atoms with Gasteiger partial charge in [0.1, 0.15) is 12.6 Å². The van der Waals surface area contributed by atoms with Gasteiger partial charge in [-0.3, -0.25) is 14.4 Å². The summed E-state index contributed by atoms with van der Waals surface area (Å²) in [7, 11) is 0. The Hall–Kier alpha value is -2.11. The SMILES string of the molecule is CCCCCCC/C=C\C/C=C\CCCCCC(CCCCCCCC(=O)NCC(=O)O)OC(=O)CCCCCCCCCCCCCCCCCCCCC. The van der Waals surface area contributed by atoms with E-state index in [4.69, 9.17) is 9.84 Å². The molecule has 0 saturated carbocycles. The van der Waals surface area contributed by atoms with E-state index in [1.165, 1.54) is 154 Å². The number of carbonyl (C=O) groups excluding carboxylic acids is 2. The third-order valence-corrected chi connectivity index (χ3v) is 11.1. The van der Waals surface area contributed by atoms with E-state index in [9.17, 15) is 14.4 Å². The van der Waals surface area contributed by atoms with E-state index in [0.29, 0.717) is 12.8 Å². The number of aliphatic carboxylic acids is 1. The van der Waals surface area contributed by atoms with Crippen molar-refractivity contribution in [1.29, 1.82) is 0 Å². The number of rotatable bonds is 45. The van der Waals surface area contributed by atoms with E-state index < -0.39 is 5.97 Å². The quantitative estimate of drug-likeness (QED) is 0.0364. The van der Waals surface area contributed by atoms with Crippen LogP contribution in [0.15, 0.2) is 24.3 Å². The molecular formula is C50H93NO5. The molecule has 0 spiro atoms. The van der Waals surface area contributed by atoms with E-state index in [1.807, 2.05) is 0 Å². The van der Waals surface area contributed by atoms with Crippen molar-refractivity contribution < 1.29 is 24.2 Å². The van der Waals surface area contributed by atoms with E-state index >= 15 is 0 Å². The monoisotopic (exact) mass is 788 g/mol. The molecule has 0 aromatic rings. The molecular weight excluding hydrogens is 695 g/mol. The van der Waals surface area contributed by atoms with Gasteiger partial charge in [0.05, 0.1) is 0 Å². The van der Waals surface area contributed by atoms with Gasteiger partial charge in [0.25, 0.3) is 0 Å². The van der Waals surface area contributed by atoms with Crippen molar-refractivity contribution in [3.63, 3.8) is 0 Å². The molecule has 0 aromatic carbocycles. The fraction of sp³-hybridized carbons (Fsp3) is 0.860. The first-order valence-electron chi connectivity index (χ1n) is 24.5. The van der Waals surface area contributed by atoms with Gasteiger partial charge in [-0.25, -0.2) is 0 Å². The first kappa shape index (κ1) is 53.9. The normalized spacial score (nSPS) is 12.2. The number of allylic oxidation sites excluding steroid dienone is 4. The van der Waals surface area contributed by atoms with Crippen molar-refractivity contribution in [2.75, 3.05) is 6.54 Å². The number of amides is 1. The number of nitrogens with one attached hydrogen (secondary N) is 1. The Labute approximate surface area is 347 Å². The predicted molar refractivity (Wildman–Crippen MR) is 240 cm³/mol. The smallest absolute Gasteiger partial charge is 0.322 e. The molecule has 1 amide bonds. The Morgan fingerprint density at radius 2 is 0.821 bits per heavy atom. The molecule has 0 fully saturated rings. The zero-order valence-corrected chi connectivity index (χ0v) is 37.3. The van der Waals surface area contributed by atoms with Crippen LogP contribution in [0.3, 0.4) is 0 Å². The minimum atomic E-state index is -1.02. The first-order valence-corrected chi connectivity index (χ1v) is 24.5. The second kappa shape index (κ2) is 45.6. The Morgan fingerprint density at radius 1 is 0.464 bits per heavy atom. The van der Waals surface area contributed by atoms with Crippen LogP contribution in [-0.4, -0.2) is 35.6 Å². The number of hydrogen-bond acceptors (Lipinski definition) is 4. The van der Waals surface area contributed by atoms with Gasteiger partial charge < -0.3 is 15.2 Å². The maximum absolute atomic E-state index is 12.8. The predicted octanol–water partition coefficient (Wildman–Crippen LogP) is 15.5. The summed E-state index contributed by atoms with van der Waals surface area (Å²) in [6, 6.07) is 0. The number of unbranched alkanes of at least 4 members (excludes halogenated alkanes) is 30. The van der Waals surface area contributed by atoms with Gasteiger partial charge in [0.2, 0.25) is 5.91 Å². The standard InChI is InChI=1S/C50H93NO5/c1-3-5-7-9-11-13-15-17-19-20-21-22-24-26-28-30-32-37-41-45-50(55)56-47(43-39-35-33-36-40-44-48(52)51-46-49(53)54)42-38-34-31-29-27-25-23-18-16-14-12-10-8-6-4-2/h16,18,25,27,47H,3-15,17,19-24,26,28-46H2,1-2H3,(H,51,52)(H,53,54)/b18-16-,27-25-.